The maximum Gasteiger partial charge on any atom is 0.00112 e. The molecule has 0 fully saturated rings. The molecule has 0 amide bonds. The largest absolute Gasteiger partial charge is 0.319 e. The van der Waals surface area contributed by atoms with Crippen molar-refractivity contribution in [2.24, 2.45) is 11.8 Å². The van der Waals surface area contributed by atoms with Crippen LogP contribution in [-0.2, 0) is 0 Å². The van der Waals surface area contributed by atoms with Crippen molar-refractivity contribution in [1.29, 1.82) is 0 Å². The summed E-state index contributed by atoms with van der Waals surface area (Å²) in [6.07, 6.45) is 0. The Bertz CT molecular complexity index is 105. The Morgan fingerprint density at radius 3 is 2.20 bits per heavy atom. The van der Waals surface area contributed by atoms with Crippen LogP contribution in [0.3, 0.4) is 0 Å². The van der Waals surface area contributed by atoms with Crippen LogP contribution >= 0.6 is 0 Å². The van der Waals surface area contributed by atoms with E-state index in [4.69, 9.17) is 0 Å². The first-order valence-corrected chi connectivity index (χ1v) is 3.92. The molecule has 0 saturated heterocycles. The Morgan fingerprint density at radius 1 is 1.40 bits per heavy atom. The van der Waals surface area contributed by atoms with Crippen LogP contribution in [0.2, 0.25) is 0 Å². The molecule has 0 rings (SSSR count). The zero-order valence-electron chi connectivity index (χ0n) is 7.57. The lowest BCUT2D eigenvalue weighted by atomic mass is 9.93. The van der Waals surface area contributed by atoms with Crippen molar-refractivity contribution in [2.45, 2.75) is 20.8 Å². The van der Waals surface area contributed by atoms with E-state index in [1.54, 1.807) is 0 Å². The fraction of sp³-hybridized carbons (Fsp3) is 0.778. The molecule has 0 spiro atoms. The van der Waals surface area contributed by atoms with Crippen LogP contribution in [0.1, 0.15) is 20.8 Å². The van der Waals surface area contributed by atoms with Gasteiger partial charge < -0.3 is 5.32 Å². The van der Waals surface area contributed by atoms with E-state index in [1.165, 1.54) is 5.57 Å². The van der Waals surface area contributed by atoms with Gasteiger partial charge in [-0.2, -0.15) is 0 Å². The summed E-state index contributed by atoms with van der Waals surface area (Å²) in [6, 6.07) is 0. The van der Waals surface area contributed by atoms with Crippen molar-refractivity contribution < 1.29 is 0 Å². The number of nitrogens with one attached hydrogen (secondary N) is 1. The summed E-state index contributed by atoms with van der Waals surface area (Å²) in [7, 11) is 1.98. The Balaban J connectivity index is 3.71. The zero-order valence-corrected chi connectivity index (χ0v) is 7.57. The molecule has 0 radical (unpaired) electrons. The van der Waals surface area contributed by atoms with Gasteiger partial charge in [-0.15, -0.1) is 0 Å². The summed E-state index contributed by atoms with van der Waals surface area (Å²) < 4.78 is 0. The van der Waals surface area contributed by atoms with Crippen LogP contribution in [0, 0.1) is 11.8 Å². The minimum atomic E-state index is 0.602. The monoisotopic (exact) mass is 141 g/mol. The summed E-state index contributed by atoms with van der Waals surface area (Å²) in [5.41, 5.74) is 1.34. The predicted molar refractivity (Wildman–Crippen MR) is 47.1 cm³/mol. The second kappa shape index (κ2) is 4.51. The number of hydrogen-bond donors (Lipinski definition) is 1. The summed E-state index contributed by atoms with van der Waals surface area (Å²) >= 11 is 0. The van der Waals surface area contributed by atoms with E-state index in [0.29, 0.717) is 11.8 Å². The SMILES string of the molecule is C=C(C(C)C)C(C)CNC. The van der Waals surface area contributed by atoms with Gasteiger partial charge in [0.1, 0.15) is 0 Å². The van der Waals surface area contributed by atoms with Crippen molar-refractivity contribution in [3.63, 3.8) is 0 Å². The first kappa shape index (κ1) is 9.70. The molecular weight excluding hydrogens is 122 g/mol. The molecule has 1 unspecified atom stereocenters. The Morgan fingerprint density at radius 2 is 1.90 bits per heavy atom. The van der Waals surface area contributed by atoms with E-state index < -0.39 is 0 Å². The van der Waals surface area contributed by atoms with Gasteiger partial charge in [0.2, 0.25) is 0 Å². The molecule has 0 aliphatic rings. The Hall–Kier alpha value is -0.300. The molecule has 0 aromatic heterocycles. The first-order valence-electron chi connectivity index (χ1n) is 3.92. The third kappa shape index (κ3) is 3.02. The summed E-state index contributed by atoms with van der Waals surface area (Å²) in [6.45, 7) is 11.7. The highest BCUT2D eigenvalue weighted by molar-refractivity contribution is 5.02. The minimum Gasteiger partial charge on any atom is -0.319 e. The van der Waals surface area contributed by atoms with Gasteiger partial charge in [0, 0.05) is 6.54 Å². The highest BCUT2D eigenvalue weighted by atomic mass is 14.8. The fourth-order valence-corrected chi connectivity index (χ4v) is 1.01. The highest BCUT2D eigenvalue weighted by Gasteiger charge is 2.07. The van der Waals surface area contributed by atoms with Crippen LogP contribution in [0.5, 0.6) is 0 Å². The summed E-state index contributed by atoms with van der Waals surface area (Å²) in [5.74, 6) is 1.22. The molecule has 0 aliphatic carbocycles. The molecule has 0 aromatic rings. The third-order valence-electron chi connectivity index (χ3n) is 1.88. The smallest absolute Gasteiger partial charge is 0.00112 e. The van der Waals surface area contributed by atoms with Gasteiger partial charge in [-0.05, 0) is 18.9 Å². The van der Waals surface area contributed by atoms with Crippen LogP contribution in [0.25, 0.3) is 0 Å². The van der Waals surface area contributed by atoms with Crippen LogP contribution in [0.15, 0.2) is 12.2 Å². The van der Waals surface area contributed by atoms with E-state index in [1.807, 2.05) is 7.05 Å². The number of rotatable bonds is 4. The lowest BCUT2D eigenvalue weighted by molar-refractivity contribution is 0.556. The van der Waals surface area contributed by atoms with Crippen LogP contribution < -0.4 is 5.32 Å². The van der Waals surface area contributed by atoms with Crippen molar-refractivity contribution in [3.8, 4) is 0 Å². The molecule has 1 N–H and O–H groups in total. The van der Waals surface area contributed by atoms with Crippen molar-refractivity contribution in [2.75, 3.05) is 13.6 Å². The van der Waals surface area contributed by atoms with Crippen molar-refractivity contribution >= 4 is 0 Å². The van der Waals surface area contributed by atoms with Crippen LogP contribution in [0.4, 0.5) is 0 Å². The summed E-state index contributed by atoms with van der Waals surface area (Å²) in [5, 5.41) is 3.14. The van der Waals surface area contributed by atoms with E-state index in [-0.39, 0.29) is 0 Å². The van der Waals surface area contributed by atoms with E-state index in [2.05, 4.69) is 32.7 Å². The van der Waals surface area contributed by atoms with Gasteiger partial charge in [0.25, 0.3) is 0 Å². The van der Waals surface area contributed by atoms with Gasteiger partial charge in [-0.25, -0.2) is 0 Å². The molecule has 60 valence electrons. The van der Waals surface area contributed by atoms with Gasteiger partial charge in [-0.1, -0.05) is 32.9 Å². The second-order valence-electron chi connectivity index (χ2n) is 3.19. The molecule has 0 bridgehead atoms. The first-order chi connectivity index (χ1) is 4.59. The average molecular weight is 141 g/mol. The average Bonchev–Trinajstić information content (AvgIpc) is 1.87. The van der Waals surface area contributed by atoms with Crippen molar-refractivity contribution in [3.05, 3.63) is 12.2 Å². The van der Waals surface area contributed by atoms with Crippen LogP contribution in [-0.4, -0.2) is 13.6 Å². The van der Waals surface area contributed by atoms with E-state index >= 15 is 0 Å². The molecule has 1 heteroatoms. The zero-order chi connectivity index (χ0) is 8.15. The summed E-state index contributed by atoms with van der Waals surface area (Å²) in [4.78, 5) is 0. The molecule has 1 atom stereocenters. The molecule has 10 heavy (non-hydrogen) atoms. The van der Waals surface area contributed by atoms with E-state index in [9.17, 15) is 0 Å². The molecular formula is C9H19N. The maximum absolute atomic E-state index is 4.03. The fourth-order valence-electron chi connectivity index (χ4n) is 1.01. The normalized spacial score (nSPS) is 13.7. The molecule has 0 aromatic carbocycles. The second-order valence-corrected chi connectivity index (χ2v) is 3.19. The van der Waals surface area contributed by atoms with Gasteiger partial charge >= 0.3 is 0 Å². The Labute approximate surface area is 64.5 Å². The molecule has 0 heterocycles. The standard InChI is InChI=1S/C9H19N/c1-7(2)9(4)8(3)6-10-5/h7-8,10H,4,6H2,1-3,5H3. The third-order valence-corrected chi connectivity index (χ3v) is 1.88. The highest BCUT2D eigenvalue weighted by Crippen LogP contribution is 2.16. The van der Waals surface area contributed by atoms with Crippen molar-refractivity contribution in [1.82, 2.24) is 5.32 Å². The molecule has 1 nitrogen and oxygen atoms in total. The molecule has 0 aliphatic heterocycles. The molecule has 0 saturated carbocycles. The lowest BCUT2D eigenvalue weighted by Gasteiger charge is -2.16. The minimum absolute atomic E-state index is 0.602. The number of hydrogen-bond acceptors (Lipinski definition) is 1. The Kier molecular flexibility index (Phi) is 4.37. The van der Waals surface area contributed by atoms with Gasteiger partial charge in [0.05, 0.1) is 0 Å². The lowest BCUT2D eigenvalue weighted by Crippen LogP contribution is -2.19. The predicted octanol–water partition coefficient (Wildman–Crippen LogP) is 2.05. The topological polar surface area (TPSA) is 12.0 Å². The van der Waals surface area contributed by atoms with Gasteiger partial charge in [0.15, 0.2) is 0 Å². The quantitative estimate of drug-likeness (QED) is 0.591. The maximum atomic E-state index is 4.03. The van der Waals surface area contributed by atoms with E-state index in [0.717, 1.165) is 6.54 Å². The van der Waals surface area contributed by atoms with Gasteiger partial charge in [-0.3, -0.25) is 0 Å².